The number of aryl methyl sites for hydroxylation is 1. The monoisotopic (exact) mass is 243 g/mol. The van der Waals surface area contributed by atoms with Crippen LogP contribution >= 0.6 is 0 Å². The highest BCUT2D eigenvalue weighted by atomic mass is 16.5. The molecule has 94 valence electrons. The molecule has 0 spiro atoms. The van der Waals surface area contributed by atoms with Gasteiger partial charge in [0.1, 0.15) is 18.1 Å². The lowest BCUT2D eigenvalue weighted by Gasteiger charge is -2.11. The van der Waals surface area contributed by atoms with Crippen molar-refractivity contribution < 1.29 is 9.47 Å². The normalized spacial score (nSPS) is 10.1. The number of nitrogen functional groups attached to an aromatic ring is 1. The summed E-state index contributed by atoms with van der Waals surface area (Å²) in [6, 6.07) is 13.5. The number of ether oxygens (including phenoxy) is 2. The molecule has 0 amide bonds. The number of benzene rings is 2. The summed E-state index contributed by atoms with van der Waals surface area (Å²) in [7, 11) is 1.63. The van der Waals surface area contributed by atoms with Crippen LogP contribution in [0.3, 0.4) is 0 Å². The molecule has 0 bridgehead atoms. The first-order valence-electron chi connectivity index (χ1n) is 5.81. The highest BCUT2D eigenvalue weighted by Gasteiger charge is 2.04. The molecule has 2 aromatic rings. The lowest BCUT2D eigenvalue weighted by Crippen LogP contribution is -1.99. The van der Waals surface area contributed by atoms with Gasteiger partial charge in [0.05, 0.1) is 7.11 Å². The molecular formula is C15H17NO2. The van der Waals surface area contributed by atoms with Crippen LogP contribution in [0.25, 0.3) is 0 Å². The molecule has 0 aliphatic carbocycles. The van der Waals surface area contributed by atoms with Crippen molar-refractivity contribution in [3.8, 4) is 11.5 Å². The van der Waals surface area contributed by atoms with Gasteiger partial charge in [0.15, 0.2) is 0 Å². The Kier molecular flexibility index (Phi) is 3.72. The van der Waals surface area contributed by atoms with Gasteiger partial charge >= 0.3 is 0 Å². The second-order valence-electron chi connectivity index (χ2n) is 4.18. The third-order valence-electron chi connectivity index (χ3n) is 2.70. The lowest BCUT2D eigenvalue weighted by atomic mass is 10.2. The van der Waals surface area contributed by atoms with Gasteiger partial charge < -0.3 is 15.2 Å². The van der Waals surface area contributed by atoms with Crippen LogP contribution in [0.15, 0.2) is 42.5 Å². The molecule has 2 aromatic carbocycles. The standard InChI is InChI=1S/C15H17NO2/c1-11-4-3-5-14(8-11)18-10-12-6-7-13(16)9-15(12)17-2/h3-9H,10,16H2,1-2H3. The molecule has 3 nitrogen and oxygen atoms in total. The molecule has 0 aliphatic rings. The summed E-state index contributed by atoms with van der Waals surface area (Å²) in [6.45, 7) is 2.50. The summed E-state index contributed by atoms with van der Waals surface area (Å²) in [5, 5.41) is 0. The summed E-state index contributed by atoms with van der Waals surface area (Å²) in [6.07, 6.45) is 0. The third-order valence-corrected chi connectivity index (χ3v) is 2.70. The summed E-state index contributed by atoms with van der Waals surface area (Å²) in [4.78, 5) is 0. The first kappa shape index (κ1) is 12.3. The zero-order chi connectivity index (χ0) is 13.0. The molecule has 0 aromatic heterocycles. The SMILES string of the molecule is COc1cc(N)ccc1COc1cccc(C)c1. The van der Waals surface area contributed by atoms with Crippen molar-refractivity contribution in [2.45, 2.75) is 13.5 Å². The highest BCUT2D eigenvalue weighted by Crippen LogP contribution is 2.23. The fourth-order valence-corrected chi connectivity index (χ4v) is 1.75. The average molecular weight is 243 g/mol. The van der Waals surface area contributed by atoms with Crippen molar-refractivity contribution in [1.29, 1.82) is 0 Å². The average Bonchev–Trinajstić information content (AvgIpc) is 2.37. The molecule has 2 rings (SSSR count). The Morgan fingerprint density at radius 1 is 1.11 bits per heavy atom. The maximum atomic E-state index is 5.73. The Labute approximate surface area is 107 Å². The number of methoxy groups -OCH3 is 1. The molecule has 0 heterocycles. The summed E-state index contributed by atoms with van der Waals surface area (Å²) < 4.78 is 11.0. The van der Waals surface area contributed by atoms with Crippen LogP contribution in [0, 0.1) is 6.92 Å². The van der Waals surface area contributed by atoms with Gasteiger partial charge in [-0.05, 0) is 36.8 Å². The number of hydrogen-bond donors (Lipinski definition) is 1. The minimum absolute atomic E-state index is 0.465. The smallest absolute Gasteiger partial charge is 0.127 e. The third kappa shape index (κ3) is 2.94. The van der Waals surface area contributed by atoms with Gasteiger partial charge in [-0.2, -0.15) is 0 Å². The predicted octanol–water partition coefficient (Wildman–Crippen LogP) is 3.16. The molecule has 0 saturated carbocycles. The molecule has 0 aliphatic heterocycles. The van der Waals surface area contributed by atoms with Crippen molar-refractivity contribution in [1.82, 2.24) is 0 Å². The predicted molar refractivity (Wildman–Crippen MR) is 72.9 cm³/mol. The van der Waals surface area contributed by atoms with E-state index in [-0.39, 0.29) is 0 Å². The van der Waals surface area contributed by atoms with Gasteiger partial charge in [-0.1, -0.05) is 12.1 Å². The zero-order valence-electron chi connectivity index (χ0n) is 10.6. The Hall–Kier alpha value is -2.16. The van der Waals surface area contributed by atoms with Crippen molar-refractivity contribution in [2.75, 3.05) is 12.8 Å². The van der Waals surface area contributed by atoms with Gasteiger partial charge in [0.2, 0.25) is 0 Å². The maximum Gasteiger partial charge on any atom is 0.127 e. The van der Waals surface area contributed by atoms with Crippen LogP contribution in [0.2, 0.25) is 0 Å². The minimum atomic E-state index is 0.465. The summed E-state index contributed by atoms with van der Waals surface area (Å²) >= 11 is 0. The van der Waals surface area contributed by atoms with Crippen LogP contribution in [0.5, 0.6) is 11.5 Å². The van der Waals surface area contributed by atoms with E-state index in [9.17, 15) is 0 Å². The van der Waals surface area contributed by atoms with Crippen LogP contribution in [-0.4, -0.2) is 7.11 Å². The van der Waals surface area contributed by atoms with Crippen LogP contribution < -0.4 is 15.2 Å². The zero-order valence-corrected chi connectivity index (χ0v) is 10.6. The largest absolute Gasteiger partial charge is 0.496 e. The summed E-state index contributed by atoms with van der Waals surface area (Å²) in [5.41, 5.74) is 8.55. The van der Waals surface area contributed by atoms with Crippen molar-refractivity contribution in [3.63, 3.8) is 0 Å². The lowest BCUT2D eigenvalue weighted by molar-refractivity contribution is 0.296. The van der Waals surface area contributed by atoms with E-state index in [1.807, 2.05) is 43.3 Å². The van der Waals surface area contributed by atoms with E-state index in [0.29, 0.717) is 12.3 Å². The van der Waals surface area contributed by atoms with Crippen LogP contribution in [0.4, 0.5) is 5.69 Å². The van der Waals surface area contributed by atoms with Crippen LogP contribution in [-0.2, 0) is 6.61 Å². The van der Waals surface area contributed by atoms with E-state index in [1.54, 1.807) is 13.2 Å². The second-order valence-corrected chi connectivity index (χ2v) is 4.18. The first-order chi connectivity index (χ1) is 8.69. The molecule has 0 saturated heterocycles. The van der Waals surface area contributed by atoms with E-state index in [2.05, 4.69) is 0 Å². The number of hydrogen-bond acceptors (Lipinski definition) is 3. The topological polar surface area (TPSA) is 44.5 Å². The van der Waals surface area contributed by atoms with Gasteiger partial charge in [0, 0.05) is 17.3 Å². The van der Waals surface area contributed by atoms with Crippen LogP contribution in [0.1, 0.15) is 11.1 Å². The maximum absolute atomic E-state index is 5.73. The molecule has 0 fully saturated rings. The van der Waals surface area contributed by atoms with Crippen molar-refractivity contribution in [2.24, 2.45) is 0 Å². The number of rotatable bonds is 4. The first-order valence-corrected chi connectivity index (χ1v) is 5.81. The Morgan fingerprint density at radius 2 is 1.94 bits per heavy atom. The van der Waals surface area contributed by atoms with E-state index in [0.717, 1.165) is 17.1 Å². The van der Waals surface area contributed by atoms with Gasteiger partial charge in [-0.3, -0.25) is 0 Å². The molecule has 0 radical (unpaired) electrons. The number of nitrogens with two attached hydrogens (primary N) is 1. The van der Waals surface area contributed by atoms with Crippen molar-refractivity contribution in [3.05, 3.63) is 53.6 Å². The fraction of sp³-hybridized carbons (Fsp3) is 0.200. The summed E-state index contributed by atoms with van der Waals surface area (Å²) in [5.74, 6) is 1.61. The van der Waals surface area contributed by atoms with Gasteiger partial charge in [-0.25, -0.2) is 0 Å². The molecule has 0 unspecified atom stereocenters. The quantitative estimate of drug-likeness (QED) is 0.839. The van der Waals surface area contributed by atoms with Crippen molar-refractivity contribution >= 4 is 5.69 Å². The second kappa shape index (κ2) is 5.45. The Balaban J connectivity index is 2.10. The minimum Gasteiger partial charge on any atom is -0.496 e. The van der Waals surface area contributed by atoms with E-state index >= 15 is 0 Å². The number of anilines is 1. The molecule has 3 heteroatoms. The Morgan fingerprint density at radius 3 is 2.67 bits per heavy atom. The molecule has 2 N–H and O–H groups in total. The fourth-order valence-electron chi connectivity index (χ4n) is 1.75. The molecular weight excluding hydrogens is 226 g/mol. The van der Waals surface area contributed by atoms with E-state index in [1.165, 1.54) is 5.56 Å². The van der Waals surface area contributed by atoms with E-state index < -0.39 is 0 Å². The van der Waals surface area contributed by atoms with Gasteiger partial charge in [0.25, 0.3) is 0 Å². The van der Waals surface area contributed by atoms with E-state index in [4.69, 9.17) is 15.2 Å². The molecule has 18 heavy (non-hydrogen) atoms. The van der Waals surface area contributed by atoms with Gasteiger partial charge in [-0.15, -0.1) is 0 Å². The molecule has 0 atom stereocenters. The Bertz CT molecular complexity index is 538. The highest BCUT2D eigenvalue weighted by molar-refractivity contribution is 5.48.